The number of hydrogen-bond acceptors (Lipinski definition) is 5. The van der Waals surface area contributed by atoms with Crippen LogP contribution in [0.3, 0.4) is 0 Å². The van der Waals surface area contributed by atoms with Crippen LogP contribution in [-0.2, 0) is 0 Å². The van der Waals surface area contributed by atoms with Gasteiger partial charge in [0.05, 0.1) is 0 Å². The Bertz CT molecular complexity index is 953. The topological polar surface area (TPSA) is 61.4 Å². The van der Waals surface area contributed by atoms with Gasteiger partial charge in [-0.1, -0.05) is 18.2 Å². The van der Waals surface area contributed by atoms with Crippen molar-refractivity contribution in [1.82, 2.24) is 9.97 Å². The van der Waals surface area contributed by atoms with Gasteiger partial charge in [0.1, 0.15) is 5.69 Å². The van der Waals surface area contributed by atoms with E-state index in [2.05, 4.69) is 34.0 Å². The van der Waals surface area contributed by atoms with Gasteiger partial charge in [-0.2, -0.15) is 0 Å². The number of benzene rings is 2. The maximum Gasteiger partial charge on any atom is 0.274 e. The fraction of sp³-hybridized carbons (Fsp3) is 0.261. The largest absolute Gasteiger partial charge is 0.372 e. The lowest BCUT2D eigenvalue weighted by atomic mass is 10.2. The Hall–Kier alpha value is -3.41. The standard InChI is InChI=1S/C23H27N5O/c1-5-28(6-2)20-14-12-18(13-15-20)25-22(29)21-16-17(3)24-23(26-21)27(4)19-10-8-7-9-11-19/h7-16H,5-6H2,1-4H3,(H,25,29). The van der Waals surface area contributed by atoms with Crippen LogP contribution in [-0.4, -0.2) is 36.0 Å². The van der Waals surface area contributed by atoms with Crippen LogP contribution in [0, 0.1) is 6.92 Å². The van der Waals surface area contributed by atoms with E-state index in [0.717, 1.165) is 35.8 Å². The van der Waals surface area contributed by atoms with Gasteiger partial charge in [0.15, 0.2) is 0 Å². The minimum Gasteiger partial charge on any atom is -0.372 e. The monoisotopic (exact) mass is 389 g/mol. The normalized spacial score (nSPS) is 10.5. The summed E-state index contributed by atoms with van der Waals surface area (Å²) in [4.78, 5) is 25.8. The van der Waals surface area contributed by atoms with E-state index in [0.29, 0.717) is 11.6 Å². The van der Waals surface area contributed by atoms with Gasteiger partial charge in [-0.25, -0.2) is 9.97 Å². The fourth-order valence-corrected chi connectivity index (χ4v) is 3.13. The molecule has 0 spiro atoms. The van der Waals surface area contributed by atoms with Gasteiger partial charge in [0, 0.05) is 42.9 Å². The van der Waals surface area contributed by atoms with Gasteiger partial charge >= 0.3 is 0 Å². The van der Waals surface area contributed by atoms with Crippen molar-refractivity contribution in [2.75, 3.05) is 35.3 Å². The van der Waals surface area contributed by atoms with E-state index in [9.17, 15) is 4.79 Å². The highest BCUT2D eigenvalue weighted by molar-refractivity contribution is 6.03. The van der Waals surface area contributed by atoms with Crippen LogP contribution in [0.25, 0.3) is 0 Å². The third kappa shape index (κ3) is 4.90. The number of nitrogens with one attached hydrogen (secondary N) is 1. The first-order valence-corrected chi connectivity index (χ1v) is 9.82. The quantitative estimate of drug-likeness (QED) is 0.637. The average Bonchev–Trinajstić information content (AvgIpc) is 2.75. The summed E-state index contributed by atoms with van der Waals surface area (Å²) in [7, 11) is 1.89. The summed E-state index contributed by atoms with van der Waals surface area (Å²) >= 11 is 0. The van der Waals surface area contributed by atoms with Crippen LogP contribution in [0.4, 0.5) is 23.0 Å². The van der Waals surface area contributed by atoms with Gasteiger partial charge < -0.3 is 15.1 Å². The molecule has 29 heavy (non-hydrogen) atoms. The molecule has 0 unspecified atom stereocenters. The number of amides is 1. The van der Waals surface area contributed by atoms with Crippen LogP contribution in [0.15, 0.2) is 60.7 Å². The number of carbonyl (C=O) groups excluding carboxylic acids is 1. The Kier molecular flexibility index (Phi) is 6.44. The molecule has 6 nitrogen and oxygen atoms in total. The van der Waals surface area contributed by atoms with Crippen LogP contribution >= 0.6 is 0 Å². The van der Waals surface area contributed by atoms with Crippen molar-refractivity contribution in [1.29, 1.82) is 0 Å². The van der Waals surface area contributed by atoms with Crippen LogP contribution in [0.1, 0.15) is 30.0 Å². The second-order valence-corrected chi connectivity index (χ2v) is 6.76. The Morgan fingerprint density at radius 3 is 2.21 bits per heavy atom. The molecule has 0 bridgehead atoms. The molecule has 1 amide bonds. The molecule has 3 rings (SSSR count). The predicted molar refractivity (Wildman–Crippen MR) is 119 cm³/mol. The molecule has 2 aromatic carbocycles. The minimum absolute atomic E-state index is 0.256. The van der Waals surface area contributed by atoms with Crippen molar-refractivity contribution < 1.29 is 4.79 Å². The Morgan fingerprint density at radius 1 is 0.931 bits per heavy atom. The van der Waals surface area contributed by atoms with Gasteiger partial charge in [-0.15, -0.1) is 0 Å². The fourth-order valence-electron chi connectivity index (χ4n) is 3.13. The smallest absolute Gasteiger partial charge is 0.274 e. The number of anilines is 4. The summed E-state index contributed by atoms with van der Waals surface area (Å²) in [6, 6.07) is 19.4. The van der Waals surface area contributed by atoms with E-state index in [1.807, 2.05) is 73.5 Å². The van der Waals surface area contributed by atoms with Crippen molar-refractivity contribution >= 4 is 28.9 Å². The van der Waals surface area contributed by atoms with Gasteiger partial charge in [0.2, 0.25) is 5.95 Å². The maximum atomic E-state index is 12.8. The second-order valence-electron chi connectivity index (χ2n) is 6.76. The van der Waals surface area contributed by atoms with Crippen molar-refractivity contribution in [3.05, 3.63) is 72.1 Å². The molecule has 1 N–H and O–H groups in total. The van der Waals surface area contributed by atoms with Gasteiger partial charge in [-0.3, -0.25) is 4.79 Å². The molecule has 0 saturated carbocycles. The third-order valence-corrected chi connectivity index (χ3v) is 4.77. The number of aromatic nitrogens is 2. The molecule has 0 radical (unpaired) electrons. The molecule has 6 heteroatoms. The SMILES string of the molecule is CCN(CC)c1ccc(NC(=O)c2cc(C)nc(N(C)c3ccccc3)n2)cc1. The summed E-state index contributed by atoms with van der Waals surface area (Å²) < 4.78 is 0. The van der Waals surface area contributed by atoms with E-state index in [-0.39, 0.29) is 5.91 Å². The Morgan fingerprint density at radius 2 is 1.59 bits per heavy atom. The average molecular weight is 390 g/mol. The molecular formula is C23H27N5O. The molecule has 0 atom stereocenters. The van der Waals surface area contributed by atoms with Crippen LogP contribution in [0.5, 0.6) is 0 Å². The summed E-state index contributed by atoms with van der Waals surface area (Å²) in [6.45, 7) is 8.00. The molecule has 0 aliphatic carbocycles. The number of para-hydroxylation sites is 1. The first-order chi connectivity index (χ1) is 14.0. The molecule has 0 fully saturated rings. The molecule has 0 aliphatic heterocycles. The third-order valence-electron chi connectivity index (χ3n) is 4.77. The number of rotatable bonds is 7. The zero-order valence-corrected chi connectivity index (χ0v) is 17.4. The molecule has 150 valence electrons. The van der Waals surface area contributed by atoms with Gasteiger partial charge in [0.25, 0.3) is 5.91 Å². The number of aryl methyl sites for hydroxylation is 1. The summed E-state index contributed by atoms with van der Waals surface area (Å²) in [5.74, 6) is 0.229. The second kappa shape index (κ2) is 9.19. The predicted octanol–water partition coefficient (Wildman–Crippen LogP) is 4.65. The molecular weight excluding hydrogens is 362 g/mol. The maximum absolute atomic E-state index is 12.8. The lowest BCUT2D eigenvalue weighted by molar-refractivity contribution is 0.102. The lowest BCUT2D eigenvalue weighted by Gasteiger charge is -2.21. The highest BCUT2D eigenvalue weighted by Crippen LogP contribution is 2.21. The zero-order valence-electron chi connectivity index (χ0n) is 17.4. The van der Waals surface area contributed by atoms with E-state index in [4.69, 9.17) is 0 Å². The molecule has 0 aliphatic rings. The van der Waals surface area contributed by atoms with E-state index < -0.39 is 0 Å². The van der Waals surface area contributed by atoms with Crippen molar-refractivity contribution in [2.24, 2.45) is 0 Å². The van der Waals surface area contributed by atoms with Crippen molar-refractivity contribution in [3.63, 3.8) is 0 Å². The van der Waals surface area contributed by atoms with Crippen LogP contribution < -0.4 is 15.1 Å². The first kappa shape index (κ1) is 20.3. The first-order valence-electron chi connectivity index (χ1n) is 9.82. The molecule has 1 heterocycles. The Balaban J connectivity index is 1.78. The highest BCUT2D eigenvalue weighted by Gasteiger charge is 2.14. The number of carbonyl (C=O) groups is 1. The van der Waals surface area contributed by atoms with Gasteiger partial charge in [-0.05, 0) is 63.2 Å². The summed E-state index contributed by atoms with van der Waals surface area (Å²) in [6.07, 6.45) is 0. The molecule has 1 aromatic heterocycles. The highest BCUT2D eigenvalue weighted by atomic mass is 16.1. The van der Waals surface area contributed by atoms with Crippen LogP contribution in [0.2, 0.25) is 0 Å². The number of hydrogen-bond donors (Lipinski definition) is 1. The van der Waals surface area contributed by atoms with E-state index >= 15 is 0 Å². The zero-order chi connectivity index (χ0) is 20.8. The summed E-state index contributed by atoms with van der Waals surface area (Å²) in [5.41, 5.74) is 3.90. The molecule has 0 saturated heterocycles. The van der Waals surface area contributed by atoms with E-state index in [1.54, 1.807) is 6.07 Å². The van der Waals surface area contributed by atoms with E-state index in [1.165, 1.54) is 0 Å². The lowest BCUT2D eigenvalue weighted by Crippen LogP contribution is -2.21. The van der Waals surface area contributed by atoms with Crippen molar-refractivity contribution in [2.45, 2.75) is 20.8 Å². The molecule has 3 aromatic rings. The Labute approximate surface area is 172 Å². The number of nitrogens with zero attached hydrogens (tertiary/aromatic N) is 4. The minimum atomic E-state index is -0.256. The van der Waals surface area contributed by atoms with Crippen molar-refractivity contribution in [3.8, 4) is 0 Å². The summed E-state index contributed by atoms with van der Waals surface area (Å²) in [5, 5.41) is 2.93.